The van der Waals surface area contributed by atoms with E-state index in [1.54, 1.807) is 26.0 Å². The molecular weight excluding hydrogens is 204 g/mol. The minimum atomic E-state index is -0.980. The number of esters is 1. The van der Waals surface area contributed by atoms with Crippen molar-refractivity contribution in [3.05, 3.63) is 48.6 Å². The van der Waals surface area contributed by atoms with Crippen LogP contribution in [-0.4, -0.2) is 16.7 Å². The van der Waals surface area contributed by atoms with Crippen molar-refractivity contribution >= 4 is 5.97 Å². The first-order chi connectivity index (χ1) is 7.47. The summed E-state index contributed by atoms with van der Waals surface area (Å²) in [4.78, 5) is 11.1. The maximum Gasteiger partial charge on any atom is 0.330 e. The predicted molar refractivity (Wildman–Crippen MR) is 61.8 cm³/mol. The van der Waals surface area contributed by atoms with Crippen molar-refractivity contribution in [2.45, 2.75) is 25.6 Å². The van der Waals surface area contributed by atoms with Crippen LogP contribution < -0.4 is 0 Å². The standard InChI is InChI=1S/C13H16O3/c1-4-11(14)16-13(2,3)12(15)10-8-6-5-7-9-10/h4-9,12,15H,1H2,2-3H3. The largest absolute Gasteiger partial charge is 0.453 e. The quantitative estimate of drug-likeness (QED) is 0.625. The lowest BCUT2D eigenvalue weighted by Gasteiger charge is -2.30. The zero-order valence-corrected chi connectivity index (χ0v) is 9.51. The van der Waals surface area contributed by atoms with E-state index in [4.69, 9.17) is 4.74 Å². The number of ether oxygens (including phenoxy) is 1. The molecule has 0 heterocycles. The molecule has 1 aromatic rings. The molecule has 86 valence electrons. The molecule has 1 unspecified atom stereocenters. The van der Waals surface area contributed by atoms with E-state index in [0.29, 0.717) is 5.56 Å². The first kappa shape index (κ1) is 12.5. The minimum absolute atomic E-state index is 0.542. The summed E-state index contributed by atoms with van der Waals surface area (Å²) in [5.74, 6) is -0.542. The molecule has 0 aromatic heterocycles. The van der Waals surface area contributed by atoms with Gasteiger partial charge in [-0.15, -0.1) is 0 Å². The molecule has 0 bridgehead atoms. The average molecular weight is 220 g/mol. The van der Waals surface area contributed by atoms with Crippen LogP contribution in [0.3, 0.4) is 0 Å². The second-order valence-electron chi connectivity index (χ2n) is 4.04. The number of hydrogen-bond donors (Lipinski definition) is 1. The summed E-state index contributed by atoms with van der Waals surface area (Å²) < 4.78 is 5.10. The highest BCUT2D eigenvalue weighted by Gasteiger charge is 2.32. The summed E-state index contributed by atoms with van der Waals surface area (Å²) in [7, 11) is 0. The molecule has 3 heteroatoms. The topological polar surface area (TPSA) is 46.5 Å². The third-order valence-corrected chi connectivity index (χ3v) is 2.30. The lowest BCUT2D eigenvalue weighted by Crippen LogP contribution is -2.34. The van der Waals surface area contributed by atoms with Gasteiger partial charge in [-0.1, -0.05) is 36.9 Å². The van der Waals surface area contributed by atoms with Crippen molar-refractivity contribution in [2.75, 3.05) is 0 Å². The summed E-state index contributed by atoms with van der Waals surface area (Å²) in [5.41, 5.74) is -0.267. The van der Waals surface area contributed by atoms with E-state index >= 15 is 0 Å². The second-order valence-corrected chi connectivity index (χ2v) is 4.04. The predicted octanol–water partition coefficient (Wildman–Crippen LogP) is 2.23. The van der Waals surface area contributed by atoms with Gasteiger partial charge in [0.25, 0.3) is 0 Å². The van der Waals surface area contributed by atoms with Crippen molar-refractivity contribution < 1.29 is 14.6 Å². The van der Waals surface area contributed by atoms with Crippen LogP contribution in [0.25, 0.3) is 0 Å². The molecule has 0 saturated carbocycles. The molecule has 1 atom stereocenters. The summed E-state index contributed by atoms with van der Waals surface area (Å²) in [6, 6.07) is 9.08. The van der Waals surface area contributed by atoms with Gasteiger partial charge in [0.15, 0.2) is 0 Å². The molecule has 0 aliphatic rings. The lowest BCUT2D eigenvalue weighted by molar-refractivity contribution is -0.162. The fourth-order valence-corrected chi connectivity index (χ4v) is 1.39. The molecule has 0 spiro atoms. The second kappa shape index (κ2) is 4.94. The molecule has 16 heavy (non-hydrogen) atoms. The molecule has 0 aliphatic heterocycles. The van der Waals surface area contributed by atoms with Crippen LogP contribution >= 0.6 is 0 Å². The Morgan fingerprint density at radius 3 is 2.50 bits per heavy atom. The number of aliphatic hydroxyl groups excluding tert-OH is 1. The van der Waals surface area contributed by atoms with Gasteiger partial charge in [0.1, 0.15) is 11.7 Å². The fourth-order valence-electron chi connectivity index (χ4n) is 1.39. The summed E-state index contributed by atoms with van der Waals surface area (Å²) in [5, 5.41) is 10.1. The van der Waals surface area contributed by atoms with Crippen molar-refractivity contribution in [1.29, 1.82) is 0 Å². The van der Waals surface area contributed by atoms with Crippen LogP contribution in [0.2, 0.25) is 0 Å². The van der Waals surface area contributed by atoms with Crippen LogP contribution in [0.4, 0.5) is 0 Å². The molecule has 1 aromatic carbocycles. The first-order valence-electron chi connectivity index (χ1n) is 5.06. The van der Waals surface area contributed by atoms with E-state index < -0.39 is 17.7 Å². The first-order valence-corrected chi connectivity index (χ1v) is 5.06. The Morgan fingerprint density at radius 1 is 1.44 bits per heavy atom. The lowest BCUT2D eigenvalue weighted by atomic mass is 9.94. The Labute approximate surface area is 95.4 Å². The molecule has 1 N–H and O–H groups in total. The monoisotopic (exact) mass is 220 g/mol. The Kier molecular flexibility index (Phi) is 3.85. The Morgan fingerprint density at radius 2 is 2.00 bits per heavy atom. The van der Waals surface area contributed by atoms with Crippen molar-refractivity contribution in [1.82, 2.24) is 0 Å². The maximum atomic E-state index is 11.1. The van der Waals surface area contributed by atoms with Crippen molar-refractivity contribution in [3.63, 3.8) is 0 Å². The zero-order valence-electron chi connectivity index (χ0n) is 9.51. The van der Waals surface area contributed by atoms with Gasteiger partial charge >= 0.3 is 5.97 Å². The van der Waals surface area contributed by atoms with Gasteiger partial charge in [0.05, 0.1) is 0 Å². The highest BCUT2D eigenvalue weighted by molar-refractivity contribution is 5.81. The number of hydrogen-bond acceptors (Lipinski definition) is 3. The van der Waals surface area contributed by atoms with Crippen LogP contribution in [-0.2, 0) is 9.53 Å². The molecular formula is C13H16O3. The SMILES string of the molecule is C=CC(=O)OC(C)(C)C(O)c1ccccc1. The van der Waals surface area contributed by atoms with E-state index in [-0.39, 0.29) is 0 Å². The molecule has 0 amide bonds. The van der Waals surface area contributed by atoms with Crippen molar-refractivity contribution in [3.8, 4) is 0 Å². The van der Waals surface area contributed by atoms with E-state index in [1.807, 2.05) is 18.2 Å². The third-order valence-electron chi connectivity index (χ3n) is 2.30. The van der Waals surface area contributed by atoms with Gasteiger partial charge < -0.3 is 9.84 Å². The normalized spacial score (nSPS) is 12.9. The smallest absolute Gasteiger partial charge is 0.330 e. The molecule has 0 saturated heterocycles. The van der Waals surface area contributed by atoms with Gasteiger partial charge in [-0.2, -0.15) is 0 Å². The van der Waals surface area contributed by atoms with E-state index in [0.717, 1.165) is 6.08 Å². The summed E-state index contributed by atoms with van der Waals surface area (Å²) in [6.07, 6.45) is 0.219. The zero-order chi connectivity index (χ0) is 12.2. The highest BCUT2D eigenvalue weighted by Crippen LogP contribution is 2.28. The van der Waals surface area contributed by atoms with E-state index in [1.165, 1.54) is 0 Å². The Bertz CT molecular complexity index is 368. The van der Waals surface area contributed by atoms with Gasteiger partial charge in [-0.05, 0) is 19.4 Å². The number of rotatable bonds is 4. The van der Waals surface area contributed by atoms with Crippen LogP contribution in [0, 0.1) is 0 Å². The molecule has 1 rings (SSSR count). The minimum Gasteiger partial charge on any atom is -0.453 e. The van der Waals surface area contributed by atoms with Crippen LogP contribution in [0.5, 0.6) is 0 Å². The van der Waals surface area contributed by atoms with Crippen molar-refractivity contribution in [2.24, 2.45) is 0 Å². The number of carbonyl (C=O) groups is 1. The number of benzene rings is 1. The number of carbonyl (C=O) groups excluding carboxylic acids is 1. The Balaban J connectivity index is 2.83. The molecule has 0 fully saturated rings. The molecule has 0 radical (unpaired) electrons. The van der Waals surface area contributed by atoms with Gasteiger partial charge in [-0.3, -0.25) is 0 Å². The van der Waals surface area contributed by atoms with Gasteiger partial charge in [0, 0.05) is 6.08 Å². The summed E-state index contributed by atoms with van der Waals surface area (Å²) >= 11 is 0. The van der Waals surface area contributed by atoms with E-state index in [2.05, 4.69) is 6.58 Å². The third kappa shape index (κ3) is 2.94. The summed E-state index contributed by atoms with van der Waals surface area (Å²) in [6.45, 7) is 6.64. The molecule has 3 nitrogen and oxygen atoms in total. The van der Waals surface area contributed by atoms with Gasteiger partial charge in [0.2, 0.25) is 0 Å². The van der Waals surface area contributed by atoms with E-state index in [9.17, 15) is 9.90 Å². The average Bonchev–Trinajstić information content (AvgIpc) is 2.28. The fraction of sp³-hybridized carbons (Fsp3) is 0.308. The number of aliphatic hydroxyl groups is 1. The highest BCUT2D eigenvalue weighted by atomic mass is 16.6. The van der Waals surface area contributed by atoms with Crippen LogP contribution in [0.1, 0.15) is 25.5 Å². The Hall–Kier alpha value is -1.61. The van der Waals surface area contributed by atoms with Crippen LogP contribution in [0.15, 0.2) is 43.0 Å². The maximum absolute atomic E-state index is 11.1. The van der Waals surface area contributed by atoms with Gasteiger partial charge in [-0.25, -0.2) is 4.79 Å². The molecule has 0 aliphatic carbocycles.